The summed E-state index contributed by atoms with van der Waals surface area (Å²) < 4.78 is 66.5. The minimum atomic E-state index is -5.08. The number of likely N-dealkylation sites (N-methyl/N-ethyl adjacent to an activating group) is 1. The van der Waals surface area contributed by atoms with Gasteiger partial charge in [0, 0.05) is 43.8 Å². The van der Waals surface area contributed by atoms with Crippen LogP contribution in [0.15, 0.2) is 59.1 Å². The van der Waals surface area contributed by atoms with Crippen LogP contribution in [-0.4, -0.2) is 173 Å². The third-order valence-electron chi connectivity index (χ3n) is 13.0. The molecule has 0 aromatic carbocycles. The van der Waals surface area contributed by atoms with E-state index in [1.807, 2.05) is 40.7 Å². The second-order valence-corrected chi connectivity index (χ2v) is 19.7. The van der Waals surface area contributed by atoms with Gasteiger partial charge >= 0.3 is 18.1 Å². The van der Waals surface area contributed by atoms with Gasteiger partial charge in [0.05, 0.1) is 47.4 Å². The predicted molar refractivity (Wildman–Crippen MR) is 270 cm³/mol. The summed E-state index contributed by atoms with van der Waals surface area (Å²) in [4.78, 5) is 47.6. The molecule has 14 atom stereocenters. The van der Waals surface area contributed by atoms with Gasteiger partial charge in [-0.15, -0.1) is 23.2 Å². The molecule has 18 nitrogen and oxygen atoms in total. The van der Waals surface area contributed by atoms with Crippen molar-refractivity contribution in [3.8, 4) is 0 Å². The molecule has 3 heterocycles. The largest absolute Gasteiger partial charge is 0.490 e. The Morgan fingerprint density at radius 3 is 2.15 bits per heavy atom. The van der Waals surface area contributed by atoms with Crippen molar-refractivity contribution in [2.24, 2.45) is 23.7 Å². The maximum Gasteiger partial charge on any atom is 0.490 e. The first kappa shape index (κ1) is 68.6. The molecular formula is C50H78BCl2F3N2O16. The van der Waals surface area contributed by atoms with Crippen LogP contribution in [0.4, 0.5) is 18.0 Å². The van der Waals surface area contributed by atoms with Gasteiger partial charge in [0.1, 0.15) is 24.1 Å². The lowest BCUT2D eigenvalue weighted by molar-refractivity contribution is -0.192. The first-order valence-electron chi connectivity index (χ1n) is 23.9. The van der Waals surface area contributed by atoms with E-state index in [1.165, 1.54) is 18.1 Å². The molecule has 0 aromatic rings. The van der Waals surface area contributed by atoms with Gasteiger partial charge in [-0.25, -0.2) is 9.59 Å². The number of fused-ring (bicyclic) bond motifs is 3. The fourth-order valence-electron chi connectivity index (χ4n) is 8.49. The molecule has 24 heteroatoms. The highest BCUT2D eigenvalue weighted by Gasteiger charge is 2.45. The molecule has 2 aliphatic carbocycles. The Morgan fingerprint density at radius 1 is 0.959 bits per heavy atom. The monoisotopic (exact) mass is 1100 g/mol. The second kappa shape index (κ2) is 32.4. The van der Waals surface area contributed by atoms with Crippen molar-refractivity contribution in [3.05, 3.63) is 59.1 Å². The van der Waals surface area contributed by atoms with Crippen molar-refractivity contribution in [2.45, 2.75) is 173 Å². The highest BCUT2D eigenvalue weighted by Crippen LogP contribution is 2.40. The van der Waals surface area contributed by atoms with E-state index in [0.717, 1.165) is 0 Å². The Bertz CT molecular complexity index is 1960. The van der Waals surface area contributed by atoms with Crippen molar-refractivity contribution >= 4 is 54.6 Å². The Morgan fingerprint density at radius 2 is 1.58 bits per heavy atom. The highest BCUT2D eigenvalue weighted by molar-refractivity contribution is 6.57. The molecule has 2 saturated heterocycles. The molecule has 7 N–H and O–H groups in total. The van der Waals surface area contributed by atoms with Crippen LogP contribution in [0.2, 0.25) is 0 Å². The van der Waals surface area contributed by atoms with Gasteiger partial charge < -0.3 is 69.3 Å². The molecule has 422 valence electrons. The Balaban J connectivity index is 0.000000634. The first-order chi connectivity index (χ1) is 34.0. The average molecular weight is 1100 g/mol. The molecule has 0 aromatic heterocycles. The van der Waals surface area contributed by atoms with Crippen LogP contribution in [0.3, 0.4) is 0 Å². The number of carbonyl (C=O) groups is 4. The van der Waals surface area contributed by atoms with Crippen LogP contribution < -0.4 is 5.32 Å². The molecule has 5 aliphatic rings. The number of nitrogens with one attached hydrogen (secondary N) is 1. The predicted octanol–water partition coefficient (Wildman–Crippen LogP) is 6.14. The van der Waals surface area contributed by atoms with Crippen molar-refractivity contribution < 1.29 is 91.4 Å². The molecule has 5 rings (SSSR count). The number of halogens is 5. The highest BCUT2D eigenvalue weighted by atomic mass is 35.5. The lowest BCUT2D eigenvalue weighted by Crippen LogP contribution is -2.44. The lowest BCUT2D eigenvalue weighted by Gasteiger charge is -2.36. The number of alkyl halides is 5. The van der Waals surface area contributed by atoms with Crippen LogP contribution in [-0.2, 0) is 42.8 Å². The smallest absolute Gasteiger partial charge is 0.475 e. The van der Waals surface area contributed by atoms with Gasteiger partial charge in [0.25, 0.3) is 0 Å². The third kappa shape index (κ3) is 21.6. The van der Waals surface area contributed by atoms with Crippen LogP contribution in [0.25, 0.3) is 0 Å². The van der Waals surface area contributed by atoms with Gasteiger partial charge in [-0.1, -0.05) is 52.0 Å². The second-order valence-electron chi connectivity index (χ2n) is 18.9. The van der Waals surface area contributed by atoms with E-state index in [-0.39, 0.29) is 62.0 Å². The van der Waals surface area contributed by atoms with Crippen LogP contribution in [0.1, 0.15) is 100 Å². The number of hydrogen-bond acceptors (Lipinski definition) is 16. The number of allylic oxidation sites excluding steroid dienone is 3. The zero-order chi connectivity index (χ0) is 55.5. The molecule has 5 unspecified atom stereocenters. The van der Waals surface area contributed by atoms with Gasteiger partial charge in [-0.05, 0) is 97.3 Å². The van der Waals surface area contributed by atoms with Gasteiger partial charge in [0.2, 0.25) is 7.85 Å². The molecule has 0 spiro atoms. The molecule has 0 saturated carbocycles. The number of esters is 1. The number of cyclic esters (lactones) is 1. The zero-order valence-electron chi connectivity index (χ0n) is 42.8. The number of ether oxygens (including phenoxy) is 6. The quantitative estimate of drug-likeness (QED) is 0.0706. The molecule has 74 heavy (non-hydrogen) atoms. The number of hydrogen-bond donors (Lipinski definition) is 7. The van der Waals surface area contributed by atoms with Crippen molar-refractivity contribution in [1.29, 1.82) is 0 Å². The fraction of sp³-hybridized carbons (Fsp3) is 0.720. The zero-order valence-corrected chi connectivity index (χ0v) is 44.3. The summed E-state index contributed by atoms with van der Waals surface area (Å²) in [6, 6.07) is -0.0571. The summed E-state index contributed by atoms with van der Waals surface area (Å²) in [5.41, 5.74) is 1.76. The standard InChI is InChI=1S/C26H40BNO8.C20H31NO6.C2HF3O2.CH2Cl2.CH4/c1-15-10-11-19(29)23-20(35-26(3,4)36-23)9-7-8-17-12-18(28(5)25(27)31)13-21(33-14-32-6)22(17)24(30)34-16(15)2;1-11-7-8-16(23)19(25)15(22)6-4-5-13-9-14(21-3)10-17(24)18(13)20(26)27-12(11)2;3-2(4,5)1(6)7;2-1-3;/h13,15-17,19-20,23,29H,7-12,14H2,1-6H3;4-5,7-9,11-12,14-15,17-22,24-26H,6,10H2,1-3H3;(H,6,7);1H2;1H4/b;5-4+,8-7-;;;/t15-,16+,17?,19+,20+,23?;11-,12+,14?,15+,17?,18+,19?,20+;;;/m11.../s1. The van der Waals surface area contributed by atoms with E-state index >= 15 is 0 Å². The molecule has 2 radical (unpaired) electrons. The molecule has 3 aliphatic heterocycles. The van der Waals surface area contributed by atoms with E-state index < -0.39 is 84.3 Å². The number of carboxylic acids is 1. The van der Waals surface area contributed by atoms with E-state index in [4.69, 9.17) is 69.4 Å². The molecule has 2 fully saturated rings. The first-order valence-corrected chi connectivity index (χ1v) is 25.0. The van der Waals surface area contributed by atoms with Crippen molar-refractivity contribution in [3.63, 3.8) is 0 Å². The SMILES string of the molecule is C.CNC1C=C2/C=C/C[C@H](O)C(O)C(=O)/C=C\[C@@H](C)[C@H](C)O[C@H](O)[C@@H]2C(O)C1.ClCCl.O=C(O)C(F)(F)F.[B]C(=O)N(C)C1=CC(OCOC)=C2C(=O)O[C@@H](C)[C@H](C)CC[C@H](O)C3OC(C)(C)O[C@H]3CCCC2C1. The minimum Gasteiger partial charge on any atom is -0.475 e. The molecular weight excluding hydrogens is 1020 g/mol. The number of aliphatic hydroxyl groups is 5. The van der Waals surface area contributed by atoms with Crippen LogP contribution >= 0.6 is 23.2 Å². The number of nitrogens with zero attached hydrogens (tertiary/aromatic N) is 1. The summed E-state index contributed by atoms with van der Waals surface area (Å²) in [5, 5.41) is 62.6. The average Bonchev–Trinajstić information content (AvgIpc) is 3.63. The topological polar surface area (TPSA) is 260 Å². The van der Waals surface area contributed by atoms with E-state index in [1.54, 1.807) is 45.3 Å². The van der Waals surface area contributed by atoms with Gasteiger partial charge in [0.15, 0.2) is 30.5 Å². The van der Waals surface area contributed by atoms with Crippen molar-refractivity contribution in [1.82, 2.24) is 10.2 Å². The fourth-order valence-corrected chi connectivity index (χ4v) is 8.49. The summed E-state index contributed by atoms with van der Waals surface area (Å²) in [5.74, 6) is -5.94. The summed E-state index contributed by atoms with van der Waals surface area (Å²) in [6.07, 6.45) is 1.78. The van der Waals surface area contributed by atoms with E-state index in [9.17, 15) is 53.1 Å². The van der Waals surface area contributed by atoms with E-state index in [0.29, 0.717) is 67.5 Å². The maximum absolute atomic E-state index is 13.5. The third-order valence-corrected chi connectivity index (χ3v) is 13.0. The number of amides is 1. The van der Waals surface area contributed by atoms with E-state index in [2.05, 4.69) is 5.32 Å². The van der Waals surface area contributed by atoms with Crippen LogP contribution in [0.5, 0.6) is 0 Å². The number of aliphatic hydroxyl groups excluding tert-OH is 5. The molecule has 1 amide bonds. The number of carbonyl (C=O) groups excluding carboxylic acids is 3. The summed E-state index contributed by atoms with van der Waals surface area (Å²) >= 11 is 9.53. The Labute approximate surface area is 444 Å². The molecule has 0 bridgehead atoms. The normalized spacial score (nSPS) is 33.7. The maximum atomic E-state index is 13.5. The van der Waals surface area contributed by atoms with Gasteiger partial charge in [-0.3, -0.25) is 9.59 Å². The Hall–Kier alpha value is -3.39. The summed E-state index contributed by atoms with van der Waals surface area (Å²) in [6.45, 7) is 11.1. The van der Waals surface area contributed by atoms with Gasteiger partial charge in [-0.2, -0.15) is 13.2 Å². The number of methoxy groups -OCH3 is 1. The Kier molecular flexibility index (Phi) is 30.0. The minimum absolute atomic E-state index is 0. The summed E-state index contributed by atoms with van der Waals surface area (Å²) in [7, 11) is 10.4. The number of aliphatic carboxylic acids is 1. The number of ketones is 1. The number of rotatable bonds is 5. The van der Waals surface area contributed by atoms with Crippen molar-refractivity contribution in [2.75, 3.05) is 33.3 Å². The number of carboxylic acid groups (broad SMARTS) is 1. The van der Waals surface area contributed by atoms with Crippen LogP contribution in [0, 0.1) is 23.7 Å². The lowest BCUT2D eigenvalue weighted by atomic mass is 9.82.